The van der Waals surface area contributed by atoms with Crippen LogP contribution < -0.4 is 0 Å². The van der Waals surface area contributed by atoms with E-state index in [2.05, 4.69) is 5.92 Å². The number of piperidine rings is 1. The highest BCUT2D eigenvalue weighted by Gasteiger charge is 2.52. The molecule has 2 fully saturated rings. The third-order valence-electron chi connectivity index (χ3n) is 3.04. The van der Waals surface area contributed by atoms with Crippen LogP contribution in [0.4, 0.5) is 4.79 Å². The molecule has 2 rings (SSSR count). The largest absolute Gasteiger partial charge is 0.465 e. The number of nitrogens with zero attached hydrogens (tertiary/aromatic N) is 1. The molecule has 2 N–H and O–H groups in total. The van der Waals surface area contributed by atoms with E-state index in [1.54, 1.807) is 0 Å². The summed E-state index contributed by atoms with van der Waals surface area (Å²) in [7, 11) is 0. The van der Waals surface area contributed by atoms with E-state index in [0.717, 1.165) is 0 Å². The Hall–Kier alpha value is -1.21. The fourth-order valence-electron chi connectivity index (χ4n) is 2.50. The molecule has 2 aliphatic rings. The van der Waals surface area contributed by atoms with Crippen LogP contribution in [0.2, 0.25) is 0 Å². The van der Waals surface area contributed by atoms with Crippen molar-refractivity contribution in [3.05, 3.63) is 0 Å². The van der Waals surface area contributed by atoms with Gasteiger partial charge in [-0.1, -0.05) is 5.92 Å². The number of hydrogen-bond acceptors (Lipinski definition) is 2. The second-order valence-corrected chi connectivity index (χ2v) is 3.66. The number of aliphatic hydroxyl groups is 1. The van der Waals surface area contributed by atoms with E-state index < -0.39 is 18.2 Å². The maximum absolute atomic E-state index is 10.8. The van der Waals surface area contributed by atoms with Crippen LogP contribution in [0, 0.1) is 18.3 Å². The van der Waals surface area contributed by atoms with Crippen molar-refractivity contribution in [1.82, 2.24) is 4.90 Å². The molecule has 4 atom stereocenters. The molecule has 70 valence electrons. The van der Waals surface area contributed by atoms with Crippen LogP contribution in [0.1, 0.15) is 12.8 Å². The van der Waals surface area contributed by atoms with E-state index in [1.807, 2.05) is 0 Å². The Labute approximate surface area is 76.2 Å². The number of terminal acetylenes is 1. The van der Waals surface area contributed by atoms with Crippen LogP contribution in [0.5, 0.6) is 0 Å². The lowest BCUT2D eigenvalue weighted by Gasteiger charge is -2.32. The molecule has 4 heteroatoms. The molecule has 4 nitrogen and oxygen atoms in total. The zero-order chi connectivity index (χ0) is 9.59. The number of carbonyl (C=O) groups is 1. The van der Waals surface area contributed by atoms with Crippen LogP contribution in [0.15, 0.2) is 0 Å². The van der Waals surface area contributed by atoms with Gasteiger partial charge in [0.1, 0.15) is 6.04 Å². The summed E-state index contributed by atoms with van der Waals surface area (Å²) in [6, 6.07) is -0.496. The summed E-state index contributed by atoms with van der Waals surface area (Å²) in [6.45, 7) is 0. The Morgan fingerprint density at radius 2 is 2.23 bits per heavy atom. The molecular formula is C9H11NO3. The predicted octanol–water partition coefficient (Wildman–Crippen LogP) is 0.121. The first-order valence-electron chi connectivity index (χ1n) is 4.30. The monoisotopic (exact) mass is 181 g/mol. The van der Waals surface area contributed by atoms with Gasteiger partial charge in [-0.25, -0.2) is 4.79 Å². The second-order valence-electron chi connectivity index (χ2n) is 3.66. The van der Waals surface area contributed by atoms with Crippen molar-refractivity contribution in [2.24, 2.45) is 5.92 Å². The van der Waals surface area contributed by atoms with E-state index in [4.69, 9.17) is 11.5 Å². The predicted molar refractivity (Wildman–Crippen MR) is 45.0 cm³/mol. The van der Waals surface area contributed by atoms with Gasteiger partial charge in [0.05, 0.1) is 6.10 Å². The summed E-state index contributed by atoms with van der Waals surface area (Å²) < 4.78 is 0. The van der Waals surface area contributed by atoms with Crippen molar-refractivity contribution in [3.63, 3.8) is 0 Å². The highest BCUT2D eigenvalue weighted by atomic mass is 16.4. The van der Waals surface area contributed by atoms with Crippen molar-refractivity contribution >= 4 is 6.09 Å². The molecule has 1 heterocycles. The topological polar surface area (TPSA) is 60.8 Å². The Balaban J connectivity index is 2.25. The van der Waals surface area contributed by atoms with Gasteiger partial charge < -0.3 is 10.2 Å². The fourth-order valence-corrected chi connectivity index (χ4v) is 2.50. The average Bonchev–Trinajstić information content (AvgIpc) is 2.58. The standard InChI is InChI=1S/C9H11NO3/c1-2-7-6-3-5(4-8(6)11)10(7)9(12)13/h1,5-8,11H,3-4H2,(H,12,13)/t5?,6?,7?,8-/m0/s1. The van der Waals surface area contributed by atoms with Gasteiger partial charge in [0.15, 0.2) is 0 Å². The highest BCUT2D eigenvalue weighted by molar-refractivity contribution is 5.67. The Morgan fingerprint density at radius 1 is 1.54 bits per heavy atom. The van der Waals surface area contributed by atoms with E-state index in [-0.39, 0.29) is 12.0 Å². The summed E-state index contributed by atoms with van der Waals surface area (Å²) >= 11 is 0. The van der Waals surface area contributed by atoms with Crippen molar-refractivity contribution in [2.45, 2.75) is 31.0 Å². The van der Waals surface area contributed by atoms with E-state index in [1.165, 1.54) is 4.90 Å². The first-order chi connectivity index (χ1) is 6.15. The van der Waals surface area contributed by atoms with Gasteiger partial charge in [-0.3, -0.25) is 4.90 Å². The maximum Gasteiger partial charge on any atom is 0.408 e. The van der Waals surface area contributed by atoms with Gasteiger partial charge in [0.2, 0.25) is 0 Å². The van der Waals surface area contributed by atoms with Crippen LogP contribution in [-0.4, -0.2) is 39.4 Å². The molecule has 0 spiro atoms. The lowest BCUT2D eigenvalue weighted by Crippen LogP contribution is -2.47. The minimum Gasteiger partial charge on any atom is -0.465 e. The molecule has 1 saturated heterocycles. The Morgan fingerprint density at radius 3 is 2.77 bits per heavy atom. The van der Waals surface area contributed by atoms with Crippen LogP contribution in [-0.2, 0) is 0 Å². The van der Waals surface area contributed by atoms with Crippen LogP contribution >= 0.6 is 0 Å². The third kappa shape index (κ3) is 1.01. The molecule has 0 radical (unpaired) electrons. The fraction of sp³-hybridized carbons (Fsp3) is 0.667. The highest BCUT2D eigenvalue weighted by Crippen LogP contribution is 2.42. The number of aliphatic hydroxyl groups excluding tert-OH is 1. The van der Waals surface area contributed by atoms with E-state index in [9.17, 15) is 9.90 Å². The number of likely N-dealkylation sites (tertiary alicyclic amines) is 1. The van der Waals surface area contributed by atoms with Gasteiger partial charge in [-0.15, -0.1) is 6.42 Å². The molecule has 2 bridgehead atoms. The molecule has 1 aliphatic carbocycles. The summed E-state index contributed by atoms with van der Waals surface area (Å²) in [6.07, 6.45) is 5.11. The number of hydrogen-bond donors (Lipinski definition) is 2. The summed E-state index contributed by atoms with van der Waals surface area (Å²) in [4.78, 5) is 12.1. The molecule has 0 aromatic heterocycles. The van der Waals surface area contributed by atoms with Gasteiger partial charge in [-0.05, 0) is 12.8 Å². The molecule has 3 unspecified atom stereocenters. The van der Waals surface area contributed by atoms with Crippen LogP contribution in [0.3, 0.4) is 0 Å². The first kappa shape index (κ1) is 8.39. The minimum absolute atomic E-state index is 0.0499. The number of carboxylic acid groups (broad SMARTS) is 1. The van der Waals surface area contributed by atoms with Crippen molar-refractivity contribution < 1.29 is 15.0 Å². The normalized spacial score (nSPS) is 42.0. The molecule has 0 aromatic rings. The molecule has 0 aromatic carbocycles. The Kier molecular flexibility index (Phi) is 1.70. The summed E-state index contributed by atoms with van der Waals surface area (Å²) in [5.74, 6) is 2.39. The second kappa shape index (κ2) is 2.64. The third-order valence-corrected chi connectivity index (χ3v) is 3.04. The lowest BCUT2D eigenvalue weighted by molar-refractivity contribution is 0.0524. The molecule has 1 saturated carbocycles. The summed E-state index contributed by atoms with van der Waals surface area (Å²) in [5.41, 5.74) is 0. The zero-order valence-corrected chi connectivity index (χ0v) is 7.05. The maximum atomic E-state index is 10.8. The van der Waals surface area contributed by atoms with Crippen molar-refractivity contribution in [2.75, 3.05) is 0 Å². The van der Waals surface area contributed by atoms with Crippen LogP contribution in [0.25, 0.3) is 0 Å². The molecule has 13 heavy (non-hydrogen) atoms. The SMILES string of the molecule is C#CC1C2CC(C[C@@H]2O)N1C(=O)O. The van der Waals surface area contributed by atoms with Crippen molar-refractivity contribution in [3.8, 4) is 12.3 Å². The molecule has 1 amide bonds. The first-order valence-corrected chi connectivity index (χ1v) is 4.30. The quantitative estimate of drug-likeness (QED) is 0.522. The summed E-state index contributed by atoms with van der Waals surface area (Å²) in [5, 5.41) is 18.4. The molecule has 1 aliphatic heterocycles. The van der Waals surface area contributed by atoms with Gasteiger partial charge in [0.25, 0.3) is 0 Å². The van der Waals surface area contributed by atoms with Gasteiger partial charge in [-0.2, -0.15) is 0 Å². The number of amides is 1. The van der Waals surface area contributed by atoms with Gasteiger partial charge >= 0.3 is 6.09 Å². The zero-order valence-electron chi connectivity index (χ0n) is 7.05. The number of rotatable bonds is 0. The lowest BCUT2D eigenvalue weighted by atomic mass is 9.97. The minimum atomic E-state index is -0.970. The van der Waals surface area contributed by atoms with Gasteiger partial charge in [0, 0.05) is 12.0 Å². The average molecular weight is 181 g/mol. The number of fused-ring (bicyclic) bond motifs is 2. The van der Waals surface area contributed by atoms with Crippen molar-refractivity contribution in [1.29, 1.82) is 0 Å². The van der Waals surface area contributed by atoms with E-state index in [0.29, 0.717) is 12.8 Å². The molecular weight excluding hydrogens is 170 g/mol. The van der Waals surface area contributed by atoms with E-state index >= 15 is 0 Å². The Bertz CT molecular complexity index is 283. The smallest absolute Gasteiger partial charge is 0.408 e.